The summed E-state index contributed by atoms with van der Waals surface area (Å²) in [5, 5.41) is 0. The molecule has 3 rings (SSSR count). The second kappa shape index (κ2) is 3.25. The van der Waals surface area contributed by atoms with E-state index in [2.05, 4.69) is 0 Å². The van der Waals surface area contributed by atoms with Crippen LogP contribution in [0.25, 0.3) is 0 Å². The molecule has 0 aromatic rings. The molecule has 0 spiro atoms. The van der Waals surface area contributed by atoms with Crippen molar-refractivity contribution in [2.45, 2.75) is 32.1 Å². The van der Waals surface area contributed by atoms with E-state index in [1.54, 1.807) is 0 Å². The maximum absolute atomic E-state index is 10.1. The molecule has 0 amide bonds. The van der Waals surface area contributed by atoms with Crippen LogP contribution in [0.3, 0.4) is 0 Å². The molecule has 4 atom stereocenters. The van der Waals surface area contributed by atoms with Crippen LogP contribution in [0.4, 0.5) is 0 Å². The van der Waals surface area contributed by atoms with Crippen molar-refractivity contribution in [2.75, 3.05) is 6.61 Å². The van der Waals surface area contributed by atoms with Crippen LogP contribution < -0.4 is 0 Å². The summed E-state index contributed by atoms with van der Waals surface area (Å²) in [5.74, 6) is 4.74. The molecule has 0 aromatic heterocycles. The van der Waals surface area contributed by atoms with Crippen LogP contribution in [0, 0.1) is 29.6 Å². The molecule has 2 bridgehead atoms. The van der Waals surface area contributed by atoms with E-state index < -0.39 is 0 Å². The predicted octanol–water partition coefficient (Wildman–Crippen LogP) is 2.23. The first-order chi connectivity index (χ1) is 6.88. The summed E-state index contributed by atoms with van der Waals surface area (Å²) in [6.45, 7) is 1.28. The zero-order valence-corrected chi connectivity index (χ0v) is 8.52. The van der Waals surface area contributed by atoms with Crippen LogP contribution in [0.15, 0.2) is 0 Å². The third kappa shape index (κ3) is 1.19. The van der Waals surface area contributed by atoms with Gasteiger partial charge in [0.1, 0.15) is 0 Å². The molecular formula is C12H18O2. The van der Waals surface area contributed by atoms with Crippen molar-refractivity contribution in [2.24, 2.45) is 29.6 Å². The standard InChI is InChI=1S/C12H18O2/c13-7-14-6-8-3-11-9-1-2-10(5-9)12(11)4-8/h7-12H,1-6H2. The van der Waals surface area contributed by atoms with Crippen molar-refractivity contribution in [1.29, 1.82) is 0 Å². The van der Waals surface area contributed by atoms with Crippen molar-refractivity contribution in [3.63, 3.8) is 0 Å². The minimum atomic E-state index is 0.600. The molecule has 3 saturated carbocycles. The Morgan fingerprint density at radius 2 is 1.71 bits per heavy atom. The Bertz CT molecular complexity index is 220. The Hall–Kier alpha value is -0.530. The van der Waals surface area contributed by atoms with E-state index >= 15 is 0 Å². The first kappa shape index (κ1) is 8.75. The van der Waals surface area contributed by atoms with E-state index in [1.807, 2.05) is 0 Å². The fourth-order valence-electron chi connectivity index (χ4n) is 4.44. The highest BCUT2D eigenvalue weighted by Crippen LogP contribution is 2.59. The number of fused-ring (bicyclic) bond motifs is 5. The normalized spacial score (nSPS) is 49.3. The van der Waals surface area contributed by atoms with Crippen molar-refractivity contribution >= 4 is 6.47 Å². The van der Waals surface area contributed by atoms with Gasteiger partial charge in [-0.25, -0.2) is 0 Å². The predicted molar refractivity (Wildman–Crippen MR) is 52.6 cm³/mol. The highest BCUT2D eigenvalue weighted by Gasteiger charge is 2.51. The van der Waals surface area contributed by atoms with Crippen molar-refractivity contribution < 1.29 is 9.53 Å². The third-order valence-corrected chi connectivity index (χ3v) is 4.89. The van der Waals surface area contributed by atoms with Crippen LogP contribution in [0.1, 0.15) is 32.1 Å². The smallest absolute Gasteiger partial charge is 0.293 e. The van der Waals surface area contributed by atoms with Crippen LogP contribution in [-0.4, -0.2) is 13.1 Å². The number of hydrogen-bond donors (Lipinski definition) is 0. The van der Waals surface area contributed by atoms with E-state index in [-0.39, 0.29) is 0 Å². The number of ether oxygens (including phenoxy) is 1. The van der Waals surface area contributed by atoms with Gasteiger partial charge in [0.15, 0.2) is 0 Å². The van der Waals surface area contributed by atoms with E-state index in [1.165, 1.54) is 32.1 Å². The summed E-state index contributed by atoms with van der Waals surface area (Å²) >= 11 is 0. The first-order valence-corrected chi connectivity index (χ1v) is 5.93. The second-order valence-electron chi connectivity index (χ2n) is 5.43. The zero-order valence-electron chi connectivity index (χ0n) is 8.52. The molecule has 4 unspecified atom stereocenters. The summed E-state index contributed by atoms with van der Waals surface area (Å²) in [5.41, 5.74) is 0. The molecule has 0 saturated heterocycles. The van der Waals surface area contributed by atoms with Crippen LogP contribution >= 0.6 is 0 Å². The third-order valence-electron chi connectivity index (χ3n) is 4.89. The Balaban J connectivity index is 1.62. The SMILES string of the molecule is O=COCC1CC2C3CCC(C3)C2C1. The Labute approximate surface area is 85.0 Å². The lowest BCUT2D eigenvalue weighted by Gasteiger charge is -2.23. The van der Waals surface area contributed by atoms with Gasteiger partial charge in [-0.15, -0.1) is 0 Å². The molecule has 0 aliphatic heterocycles. The molecule has 0 aromatic carbocycles. The van der Waals surface area contributed by atoms with Crippen LogP contribution in [0.2, 0.25) is 0 Å². The molecule has 0 heterocycles. The average Bonchev–Trinajstić information content (AvgIpc) is 2.85. The fraction of sp³-hybridized carbons (Fsp3) is 0.917. The lowest BCUT2D eigenvalue weighted by atomic mass is 9.82. The molecule has 0 N–H and O–H groups in total. The minimum absolute atomic E-state index is 0.600. The van der Waals surface area contributed by atoms with E-state index in [9.17, 15) is 4.79 Å². The van der Waals surface area contributed by atoms with Gasteiger partial charge in [-0.3, -0.25) is 4.79 Å². The topological polar surface area (TPSA) is 26.3 Å². The number of rotatable bonds is 3. The van der Waals surface area contributed by atoms with Gasteiger partial charge in [0.25, 0.3) is 6.47 Å². The summed E-state index contributed by atoms with van der Waals surface area (Å²) in [4.78, 5) is 10.1. The molecule has 0 radical (unpaired) electrons. The van der Waals surface area contributed by atoms with Gasteiger partial charge in [-0.05, 0) is 61.7 Å². The molecule has 78 valence electrons. The Morgan fingerprint density at radius 1 is 1.07 bits per heavy atom. The fourth-order valence-corrected chi connectivity index (χ4v) is 4.44. The average molecular weight is 194 g/mol. The molecule has 3 aliphatic carbocycles. The van der Waals surface area contributed by atoms with E-state index in [0.717, 1.165) is 23.7 Å². The van der Waals surface area contributed by atoms with Crippen molar-refractivity contribution in [1.82, 2.24) is 0 Å². The maximum Gasteiger partial charge on any atom is 0.293 e. The number of carbonyl (C=O) groups is 1. The number of hydrogen-bond acceptors (Lipinski definition) is 2. The van der Waals surface area contributed by atoms with Gasteiger partial charge in [0.05, 0.1) is 6.61 Å². The second-order valence-corrected chi connectivity index (χ2v) is 5.43. The lowest BCUT2D eigenvalue weighted by Crippen LogP contribution is -2.15. The van der Waals surface area contributed by atoms with Gasteiger partial charge in [-0.2, -0.15) is 0 Å². The molecule has 2 nitrogen and oxygen atoms in total. The van der Waals surface area contributed by atoms with Crippen molar-refractivity contribution in [3.05, 3.63) is 0 Å². The first-order valence-electron chi connectivity index (χ1n) is 5.93. The summed E-state index contributed by atoms with van der Waals surface area (Å²) in [7, 11) is 0. The van der Waals surface area contributed by atoms with Gasteiger partial charge in [-0.1, -0.05) is 0 Å². The van der Waals surface area contributed by atoms with Gasteiger partial charge < -0.3 is 4.74 Å². The van der Waals surface area contributed by atoms with Gasteiger partial charge >= 0.3 is 0 Å². The number of carbonyl (C=O) groups excluding carboxylic acids is 1. The van der Waals surface area contributed by atoms with Crippen LogP contribution in [-0.2, 0) is 9.53 Å². The Morgan fingerprint density at radius 3 is 2.29 bits per heavy atom. The van der Waals surface area contributed by atoms with E-state index in [4.69, 9.17) is 4.74 Å². The van der Waals surface area contributed by atoms with Crippen molar-refractivity contribution in [3.8, 4) is 0 Å². The van der Waals surface area contributed by atoms with Gasteiger partial charge in [0.2, 0.25) is 0 Å². The molecule has 14 heavy (non-hydrogen) atoms. The summed E-state index contributed by atoms with van der Waals surface area (Å²) in [6, 6.07) is 0. The molecule has 3 aliphatic rings. The largest absolute Gasteiger partial charge is 0.468 e. The molecular weight excluding hydrogens is 176 g/mol. The summed E-state index contributed by atoms with van der Waals surface area (Å²) < 4.78 is 4.89. The zero-order chi connectivity index (χ0) is 9.54. The highest BCUT2D eigenvalue weighted by atomic mass is 16.5. The Kier molecular flexibility index (Phi) is 2.03. The minimum Gasteiger partial charge on any atom is -0.468 e. The highest BCUT2D eigenvalue weighted by molar-refractivity contribution is 5.36. The quantitative estimate of drug-likeness (QED) is 0.644. The monoisotopic (exact) mass is 194 g/mol. The lowest BCUT2D eigenvalue weighted by molar-refractivity contribution is -0.129. The molecule has 2 heteroatoms. The van der Waals surface area contributed by atoms with Gasteiger partial charge in [0, 0.05) is 0 Å². The molecule has 3 fully saturated rings. The summed E-state index contributed by atoms with van der Waals surface area (Å²) in [6.07, 6.45) is 7.14. The maximum atomic E-state index is 10.1. The van der Waals surface area contributed by atoms with E-state index in [0.29, 0.717) is 19.0 Å². The van der Waals surface area contributed by atoms with Crippen LogP contribution in [0.5, 0.6) is 0 Å².